The Balaban J connectivity index is 1.54. The molecule has 12 nitrogen and oxygen atoms in total. The van der Waals surface area contributed by atoms with Gasteiger partial charge in [0.25, 0.3) is 0 Å². The van der Waals surface area contributed by atoms with Gasteiger partial charge in [0.2, 0.25) is 23.6 Å². The molecular formula is C28H37N5O7S. The second kappa shape index (κ2) is 14.7. The summed E-state index contributed by atoms with van der Waals surface area (Å²) >= 11 is 1.56. The van der Waals surface area contributed by atoms with Gasteiger partial charge in [0.1, 0.15) is 12.1 Å². The first kappa shape index (κ1) is 31.7. The number of benzene rings is 1. The molecule has 0 saturated carbocycles. The number of likely N-dealkylation sites (tertiary alicyclic amines) is 1. The summed E-state index contributed by atoms with van der Waals surface area (Å²) in [4.78, 5) is 68.1. The Hall–Kier alpha value is -3.84. The van der Waals surface area contributed by atoms with Crippen molar-refractivity contribution in [1.82, 2.24) is 25.8 Å². The van der Waals surface area contributed by atoms with Crippen LogP contribution in [0.15, 0.2) is 29.8 Å². The van der Waals surface area contributed by atoms with Crippen LogP contribution < -0.4 is 16.0 Å². The Morgan fingerprint density at radius 1 is 1.10 bits per heavy atom. The maximum atomic E-state index is 13.0. The number of aliphatic hydroxyl groups is 1. The van der Waals surface area contributed by atoms with Crippen molar-refractivity contribution < 1.29 is 34.2 Å². The van der Waals surface area contributed by atoms with E-state index in [0.29, 0.717) is 0 Å². The van der Waals surface area contributed by atoms with E-state index in [0.717, 1.165) is 21.7 Å². The monoisotopic (exact) mass is 587 g/mol. The molecule has 4 amide bonds. The summed E-state index contributed by atoms with van der Waals surface area (Å²) in [7, 11) is 0. The normalized spacial score (nSPS) is 17.2. The molecule has 1 fully saturated rings. The molecule has 0 aliphatic carbocycles. The van der Waals surface area contributed by atoms with Crippen LogP contribution in [-0.2, 0) is 30.5 Å². The molecule has 2 heterocycles. The number of aliphatic hydroxyl groups excluding tert-OH is 1. The van der Waals surface area contributed by atoms with E-state index in [9.17, 15) is 29.1 Å². The van der Waals surface area contributed by atoms with E-state index in [2.05, 4.69) is 20.9 Å². The summed E-state index contributed by atoms with van der Waals surface area (Å²) < 4.78 is 0. The molecule has 0 bridgehead atoms. The minimum absolute atomic E-state index is 0.0380. The van der Waals surface area contributed by atoms with Gasteiger partial charge in [0, 0.05) is 25.9 Å². The number of nitrogens with one attached hydrogen (secondary N) is 3. The minimum atomic E-state index is -1.12. The molecule has 0 radical (unpaired) electrons. The van der Waals surface area contributed by atoms with E-state index < -0.39 is 54.3 Å². The maximum Gasteiger partial charge on any atom is 0.303 e. The highest BCUT2D eigenvalue weighted by molar-refractivity contribution is 7.13. The number of carbonyl (C=O) groups excluding carboxylic acids is 4. The smallest absolute Gasteiger partial charge is 0.303 e. The van der Waals surface area contributed by atoms with Crippen LogP contribution in [0, 0.1) is 12.8 Å². The van der Waals surface area contributed by atoms with Crippen LogP contribution >= 0.6 is 11.3 Å². The molecule has 0 unspecified atom stereocenters. The van der Waals surface area contributed by atoms with E-state index in [1.54, 1.807) is 16.8 Å². The second-order valence-corrected chi connectivity index (χ2v) is 11.3. The fourth-order valence-corrected chi connectivity index (χ4v) is 5.39. The van der Waals surface area contributed by atoms with Crippen molar-refractivity contribution in [2.24, 2.45) is 5.92 Å². The molecule has 1 aliphatic heterocycles. The number of thiazole rings is 1. The number of amides is 4. The zero-order valence-electron chi connectivity index (χ0n) is 23.4. The van der Waals surface area contributed by atoms with Gasteiger partial charge in [-0.05, 0) is 30.4 Å². The fraction of sp³-hybridized carbons (Fsp3) is 0.500. The summed E-state index contributed by atoms with van der Waals surface area (Å²) in [5.41, 5.74) is 4.65. The average molecular weight is 588 g/mol. The number of carboxylic acid groups (broad SMARTS) is 1. The molecule has 2 aromatic rings. The largest absolute Gasteiger partial charge is 0.481 e. The lowest BCUT2D eigenvalue weighted by molar-refractivity contribution is -0.139. The predicted molar refractivity (Wildman–Crippen MR) is 152 cm³/mol. The fourth-order valence-electron chi connectivity index (χ4n) is 4.58. The molecule has 0 spiro atoms. The third kappa shape index (κ3) is 9.35. The summed E-state index contributed by atoms with van der Waals surface area (Å²) in [5.74, 6) is -3.20. The van der Waals surface area contributed by atoms with Gasteiger partial charge in [-0.3, -0.25) is 24.0 Å². The third-order valence-electron chi connectivity index (χ3n) is 6.67. The lowest BCUT2D eigenvalue weighted by atomic mass is 10.0. The van der Waals surface area contributed by atoms with Gasteiger partial charge in [0.05, 0.1) is 35.2 Å². The molecule has 41 heavy (non-hydrogen) atoms. The lowest BCUT2D eigenvalue weighted by Crippen LogP contribution is -2.52. The van der Waals surface area contributed by atoms with E-state index in [4.69, 9.17) is 5.11 Å². The maximum absolute atomic E-state index is 13.0. The Labute approximate surface area is 242 Å². The molecular weight excluding hydrogens is 550 g/mol. The molecule has 3 rings (SSSR count). The van der Waals surface area contributed by atoms with Crippen molar-refractivity contribution in [3.8, 4) is 10.4 Å². The lowest BCUT2D eigenvalue weighted by Gasteiger charge is -2.25. The van der Waals surface area contributed by atoms with Gasteiger partial charge in [0.15, 0.2) is 0 Å². The Morgan fingerprint density at radius 2 is 1.80 bits per heavy atom. The molecule has 1 aromatic heterocycles. The SMILES string of the molecule is Cc1ncsc1-c1ccc(CNC(=O)[C@@H]2C[C@@H](O)CN2C(=O)CNC(=O)[C@H](CC(C)C)NC(=O)CCC(=O)O)cc1. The van der Waals surface area contributed by atoms with Crippen molar-refractivity contribution >= 4 is 40.9 Å². The second-order valence-electron chi connectivity index (χ2n) is 10.5. The van der Waals surface area contributed by atoms with Crippen molar-refractivity contribution in [2.75, 3.05) is 13.1 Å². The quantitative estimate of drug-likeness (QED) is 0.232. The highest BCUT2D eigenvalue weighted by Gasteiger charge is 2.39. The van der Waals surface area contributed by atoms with E-state index in [1.165, 1.54) is 4.90 Å². The van der Waals surface area contributed by atoms with E-state index >= 15 is 0 Å². The van der Waals surface area contributed by atoms with Crippen molar-refractivity contribution in [2.45, 2.75) is 71.2 Å². The topological polar surface area (TPSA) is 178 Å². The number of aryl methyl sites for hydroxylation is 1. The van der Waals surface area contributed by atoms with Crippen LogP contribution in [0.3, 0.4) is 0 Å². The molecule has 1 aromatic carbocycles. The van der Waals surface area contributed by atoms with Crippen LogP contribution in [0.2, 0.25) is 0 Å². The zero-order chi connectivity index (χ0) is 30.1. The summed E-state index contributed by atoms with van der Waals surface area (Å²) in [5, 5.41) is 26.8. The molecule has 13 heteroatoms. The summed E-state index contributed by atoms with van der Waals surface area (Å²) in [6, 6.07) is 5.90. The van der Waals surface area contributed by atoms with Gasteiger partial charge in [-0.25, -0.2) is 4.98 Å². The van der Waals surface area contributed by atoms with Crippen molar-refractivity contribution in [1.29, 1.82) is 0 Å². The van der Waals surface area contributed by atoms with Gasteiger partial charge in [-0.2, -0.15) is 0 Å². The van der Waals surface area contributed by atoms with Gasteiger partial charge < -0.3 is 31.1 Å². The summed E-state index contributed by atoms with van der Waals surface area (Å²) in [6.45, 7) is 5.44. The highest BCUT2D eigenvalue weighted by Crippen LogP contribution is 2.27. The number of hydrogen-bond acceptors (Lipinski definition) is 8. The number of carboxylic acids is 1. The highest BCUT2D eigenvalue weighted by atomic mass is 32.1. The number of carbonyl (C=O) groups is 5. The van der Waals surface area contributed by atoms with Gasteiger partial charge in [-0.15, -0.1) is 11.3 Å². The van der Waals surface area contributed by atoms with Crippen LogP contribution in [-0.4, -0.2) is 81.0 Å². The Bertz CT molecular complexity index is 1250. The van der Waals surface area contributed by atoms with Gasteiger partial charge >= 0.3 is 5.97 Å². The third-order valence-corrected chi connectivity index (χ3v) is 7.65. The van der Waals surface area contributed by atoms with E-state index in [-0.39, 0.29) is 44.7 Å². The van der Waals surface area contributed by atoms with Crippen molar-refractivity contribution in [3.05, 3.63) is 41.0 Å². The van der Waals surface area contributed by atoms with Gasteiger partial charge in [-0.1, -0.05) is 38.1 Å². The first-order chi connectivity index (χ1) is 19.4. The summed E-state index contributed by atoms with van der Waals surface area (Å²) in [6.07, 6.45) is -1.15. The molecule has 1 saturated heterocycles. The average Bonchev–Trinajstić information content (AvgIpc) is 3.54. The number of nitrogens with zero attached hydrogens (tertiary/aromatic N) is 2. The molecule has 3 atom stereocenters. The number of β-amino-alcohol motifs (C(OH)–C–C–N with tert-alkyl or cyclic N) is 1. The zero-order valence-corrected chi connectivity index (χ0v) is 24.2. The van der Waals surface area contributed by atoms with Crippen LogP contribution in [0.25, 0.3) is 10.4 Å². The minimum Gasteiger partial charge on any atom is -0.481 e. The first-order valence-corrected chi connectivity index (χ1v) is 14.4. The first-order valence-electron chi connectivity index (χ1n) is 13.5. The Kier molecular flexibility index (Phi) is 11.4. The number of aliphatic carboxylic acids is 1. The van der Waals surface area contributed by atoms with E-state index in [1.807, 2.05) is 45.0 Å². The van der Waals surface area contributed by atoms with Crippen LogP contribution in [0.5, 0.6) is 0 Å². The van der Waals surface area contributed by atoms with Crippen LogP contribution in [0.1, 0.15) is 50.8 Å². The predicted octanol–water partition coefficient (Wildman–Crippen LogP) is 1.21. The number of aromatic nitrogens is 1. The van der Waals surface area contributed by atoms with Crippen molar-refractivity contribution in [3.63, 3.8) is 0 Å². The molecule has 222 valence electrons. The Morgan fingerprint density at radius 3 is 2.41 bits per heavy atom. The number of hydrogen-bond donors (Lipinski definition) is 5. The molecule has 5 N–H and O–H groups in total. The molecule has 1 aliphatic rings. The standard InChI is InChI=1S/C28H37N5O7S/c1-16(2)10-21(32-23(35)8-9-25(37)38)27(39)30-13-24(36)33-14-20(34)11-22(33)28(40)29-12-18-4-6-19(7-5-18)26-17(3)31-15-41-26/h4-7,15-16,20-22,34H,8-14H2,1-3H3,(H,29,40)(H,30,39)(H,32,35)(H,37,38)/t20-,21+,22+/m1/s1. The number of rotatable bonds is 13. The van der Waals surface area contributed by atoms with Crippen LogP contribution in [0.4, 0.5) is 0 Å².